The molecule has 0 aromatic heterocycles. The Morgan fingerprint density at radius 2 is 2.35 bits per heavy atom. The molecule has 2 rings (SSSR count). The van der Waals surface area contributed by atoms with Crippen molar-refractivity contribution in [2.45, 2.75) is 25.1 Å². The van der Waals surface area contributed by atoms with Gasteiger partial charge < -0.3 is 14.6 Å². The summed E-state index contributed by atoms with van der Waals surface area (Å²) in [5, 5.41) is 11.1. The van der Waals surface area contributed by atoms with Crippen molar-refractivity contribution >= 4 is 52.0 Å². The molecular formula is C11H12KNO4S3. The number of carbonyl (C=O) groups excluding carboxylic acids is 2. The van der Waals surface area contributed by atoms with Crippen LogP contribution in [-0.2, 0) is 14.3 Å². The number of thioether (sulfide) groups is 2. The normalized spacial score (nSPS) is 20.1. The van der Waals surface area contributed by atoms with Gasteiger partial charge in [-0.15, -0.1) is 11.8 Å². The van der Waals surface area contributed by atoms with Gasteiger partial charge in [-0.05, 0) is 25.6 Å². The standard InChI is InChI=1S/C11H13NO4S3.K/c1-2-16-11(17)18-4-3-6-9(10(14)15)12-7(13)5-8(12)19-6;/h8H,2-5H2,1H3,(H,14,15);/q;+1/p-1. The monoisotopic (exact) mass is 357 g/mol. The number of allylic oxidation sites excluding steroid dienone is 1. The third-order valence-corrected chi connectivity index (χ3v) is 5.26. The zero-order valence-electron chi connectivity index (χ0n) is 11.2. The summed E-state index contributed by atoms with van der Waals surface area (Å²) in [7, 11) is 0. The van der Waals surface area contributed by atoms with Crippen LogP contribution in [0.3, 0.4) is 0 Å². The Bertz CT molecular complexity index is 469. The van der Waals surface area contributed by atoms with Gasteiger partial charge in [-0.25, -0.2) is 0 Å². The van der Waals surface area contributed by atoms with Gasteiger partial charge in [0, 0.05) is 10.7 Å². The number of nitrogens with zero attached hydrogens (tertiary/aromatic N) is 1. The van der Waals surface area contributed by atoms with Crippen LogP contribution in [-0.4, -0.2) is 38.9 Å². The molecule has 1 unspecified atom stereocenters. The predicted molar refractivity (Wildman–Crippen MR) is 76.2 cm³/mol. The van der Waals surface area contributed by atoms with E-state index in [-0.39, 0.29) is 68.4 Å². The predicted octanol–water partition coefficient (Wildman–Crippen LogP) is -2.30. The number of rotatable bonds is 5. The van der Waals surface area contributed by atoms with E-state index in [2.05, 4.69) is 0 Å². The summed E-state index contributed by atoms with van der Waals surface area (Å²) in [5.41, 5.74) is 0.0363. The van der Waals surface area contributed by atoms with Crippen LogP contribution in [0.15, 0.2) is 10.6 Å². The first-order valence-electron chi connectivity index (χ1n) is 5.77. The zero-order chi connectivity index (χ0) is 14.0. The summed E-state index contributed by atoms with van der Waals surface area (Å²) in [6, 6.07) is 0. The van der Waals surface area contributed by atoms with Crippen molar-refractivity contribution < 1.29 is 70.8 Å². The Morgan fingerprint density at radius 3 is 2.90 bits per heavy atom. The van der Waals surface area contributed by atoms with E-state index in [9.17, 15) is 14.7 Å². The van der Waals surface area contributed by atoms with Gasteiger partial charge in [0.25, 0.3) is 0 Å². The van der Waals surface area contributed by atoms with Crippen LogP contribution in [0.2, 0.25) is 0 Å². The third-order valence-electron chi connectivity index (χ3n) is 2.69. The van der Waals surface area contributed by atoms with Gasteiger partial charge >= 0.3 is 51.4 Å². The third kappa shape index (κ3) is 4.22. The molecule has 0 saturated carbocycles. The van der Waals surface area contributed by atoms with Crippen molar-refractivity contribution in [2.75, 3.05) is 12.4 Å². The molecule has 0 bridgehead atoms. The van der Waals surface area contributed by atoms with Gasteiger partial charge in [-0.3, -0.25) is 9.69 Å². The molecule has 0 radical (unpaired) electrons. The Balaban J connectivity index is 0.00000200. The number of carboxylic acids is 1. The van der Waals surface area contributed by atoms with Gasteiger partial charge in [-0.1, -0.05) is 11.8 Å². The molecule has 2 aliphatic heterocycles. The molecule has 9 heteroatoms. The summed E-state index contributed by atoms with van der Waals surface area (Å²) in [6.07, 6.45) is 0.946. The number of carboxylic acid groups (broad SMARTS) is 1. The van der Waals surface area contributed by atoms with Crippen LogP contribution in [0.5, 0.6) is 0 Å². The van der Waals surface area contributed by atoms with E-state index in [1.807, 2.05) is 6.92 Å². The number of β-lactam (4-membered cyclic amide) rings is 1. The maximum Gasteiger partial charge on any atom is 1.00 e. The Labute approximate surface area is 173 Å². The number of carbonyl (C=O) groups is 2. The average molecular weight is 358 g/mol. The second-order valence-corrected chi connectivity index (χ2v) is 6.85. The van der Waals surface area contributed by atoms with Crippen molar-refractivity contribution in [3.8, 4) is 0 Å². The fraction of sp³-hybridized carbons (Fsp3) is 0.545. The van der Waals surface area contributed by atoms with Crippen LogP contribution in [0.4, 0.5) is 0 Å². The quantitative estimate of drug-likeness (QED) is 0.311. The van der Waals surface area contributed by atoms with Crippen LogP contribution < -0.4 is 56.5 Å². The first-order valence-corrected chi connectivity index (χ1v) is 8.04. The molecule has 0 aromatic rings. The summed E-state index contributed by atoms with van der Waals surface area (Å²) >= 11 is 7.78. The number of aliphatic carboxylic acids is 1. The van der Waals surface area contributed by atoms with Gasteiger partial charge in [0.15, 0.2) is 0 Å². The van der Waals surface area contributed by atoms with E-state index in [0.717, 1.165) is 0 Å². The maximum atomic E-state index is 11.4. The molecule has 0 N–H and O–H groups in total. The first-order chi connectivity index (χ1) is 9.04. The van der Waals surface area contributed by atoms with Crippen molar-refractivity contribution in [3.63, 3.8) is 0 Å². The minimum atomic E-state index is -1.28. The molecule has 104 valence electrons. The molecule has 1 atom stereocenters. The maximum absolute atomic E-state index is 11.4. The summed E-state index contributed by atoms with van der Waals surface area (Å²) in [5.74, 6) is -0.799. The molecule has 1 amide bonds. The van der Waals surface area contributed by atoms with E-state index >= 15 is 0 Å². The van der Waals surface area contributed by atoms with Crippen LogP contribution in [0.1, 0.15) is 19.8 Å². The minimum Gasteiger partial charge on any atom is -0.543 e. The number of hydrogen-bond donors (Lipinski definition) is 0. The van der Waals surface area contributed by atoms with Crippen molar-refractivity contribution in [2.24, 2.45) is 0 Å². The van der Waals surface area contributed by atoms with Crippen LogP contribution in [0.25, 0.3) is 0 Å². The molecule has 0 aliphatic carbocycles. The molecule has 5 nitrogen and oxygen atoms in total. The Morgan fingerprint density at radius 1 is 1.65 bits per heavy atom. The van der Waals surface area contributed by atoms with Crippen molar-refractivity contribution in [1.29, 1.82) is 0 Å². The summed E-state index contributed by atoms with van der Waals surface area (Å²) in [6.45, 7) is 2.38. The number of fused-ring (bicyclic) bond motifs is 1. The van der Waals surface area contributed by atoms with Crippen molar-refractivity contribution in [3.05, 3.63) is 10.6 Å². The zero-order valence-corrected chi connectivity index (χ0v) is 16.8. The molecule has 2 heterocycles. The van der Waals surface area contributed by atoms with E-state index in [0.29, 0.717) is 34.5 Å². The van der Waals surface area contributed by atoms with Crippen LogP contribution >= 0.6 is 35.7 Å². The topological polar surface area (TPSA) is 69.7 Å². The molecule has 1 saturated heterocycles. The smallest absolute Gasteiger partial charge is 0.543 e. The number of ether oxygens (including phenoxy) is 1. The molecule has 1 fully saturated rings. The van der Waals surface area contributed by atoms with Gasteiger partial charge in [0.05, 0.1) is 30.1 Å². The second-order valence-electron chi connectivity index (χ2n) is 3.88. The molecular weight excluding hydrogens is 345 g/mol. The van der Waals surface area contributed by atoms with E-state index in [1.165, 1.54) is 28.4 Å². The Hall–Kier alpha value is 0.906. The Kier molecular flexibility index (Phi) is 8.07. The van der Waals surface area contributed by atoms with E-state index in [4.69, 9.17) is 17.0 Å². The summed E-state index contributed by atoms with van der Waals surface area (Å²) < 4.78 is 5.59. The number of amides is 1. The van der Waals surface area contributed by atoms with Crippen LogP contribution in [0, 0.1) is 0 Å². The van der Waals surface area contributed by atoms with E-state index in [1.54, 1.807) is 0 Å². The van der Waals surface area contributed by atoms with Gasteiger partial charge in [-0.2, -0.15) is 0 Å². The minimum absolute atomic E-state index is 0. The number of hydrogen-bond acceptors (Lipinski definition) is 7. The first kappa shape index (κ1) is 19.0. The molecule has 2 aliphatic rings. The largest absolute Gasteiger partial charge is 1.00 e. The van der Waals surface area contributed by atoms with Crippen molar-refractivity contribution in [1.82, 2.24) is 4.90 Å². The average Bonchev–Trinajstić information content (AvgIpc) is 2.62. The molecule has 20 heavy (non-hydrogen) atoms. The SMILES string of the molecule is CCOC(=S)SCCC1=C(C(=O)[O-])N2C(=O)CC2S1.[K+]. The number of thiocarbonyl (C=S) groups is 1. The fourth-order valence-corrected chi connectivity index (χ4v) is 4.45. The summed E-state index contributed by atoms with van der Waals surface area (Å²) in [4.78, 5) is 24.5. The van der Waals surface area contributed by atoms with Gasteiger partial charge in [0.2, 0.25) is 10.3 Å². The molecule has 0 spiro atoms. The fourth-order valence-electron chi connectivity index (χ4n) is 1.88. The van der Waals surface area contributed by atoms with E-state index < -0.39 is 5.97 Å². The second kappa shape index (κ2) is 8.52. The van der Waals surface area contributed by atoms with Gasteiger partial charge in [0.1, 0.15) is 0 Å². The molecule has 0 aromatic carbocycles.